The van der Waals surface area contributed by atoms with E-state index in [1.165, 1.54) is 32.7 Å². The van der Waals surface area contributed by atoms with Gasteiger partial charge in [0.25, 0.3) is 0 Å². The van der Waals surface area contributed by atoms with Crippen molar-refractivity contribution in [1.29, 1.82) is 0 Å². The molecule has 0 aromatic carbocycles. The van der Waals surface area contributed by atoms with Gasteiger partial charge in [-0.3, -0.25) is 0 Å². The molecule has 1 rings (SSSR count). The first-order chi connectivity index (χ1) is 5.74. The minimum Gasteiger partial charge on any atom is -0.323 e. The lowest BCUT2D eigenvalue weighted by Gasteiger charge is -2.31. The van der Waals surface area contributed by atoms with E-state index in [9.17, 15) is 0 Å². The van der Waals surface area contributed by atoms with E-state index < -0.39 is 0 Å². The van der Waals surface area contributed by atoms with Gasteiger partial charge in [-0.15, -0.1) is 0 Å². The van der Waals surface area contributed by atoms with Crippen LogP contribution in [0.1, 0.15) is 6.92 Å². The normalized spacial score (nSPS) is 20.0. The SMILES string of the molecule is CCN1CCN(C)CC1.CNC. The summed E-state index contributed by atoms with van der Waals surface area (Å²) in [7, 11) is 5.94. The van der Waals surface area contributed by atoms with Crippen molar-refractivity contribution in [1.82, 2.24) is 15.1 Å². The monoisotopic (exact) mass is 173 g/mol. The highest BCUT2D eigenvalue weighted by Crippen LogP contribution is 1.96. The molecule has 1 N–H and O–H groups in total. The first kappa shape index (κ1) is 11.9. The van der Waals surface area contributed by atoms with Crippen LogP contribution in [-0.4, -0.2) is 63.7 Å². The third-order valence-corrected chi connectivity index (χ3v) is 2.04. The Morgan fingerprint density at radius 1 is 1.08 bits per heavy atom. The Morgan fingerprint density at radius 3 is 1.83 bits per heavy atom. The van der Waals surface area contributed by atoms with E-state index in [0.717, 1.165) is 0 Å². The first-order valence-corrected chi connectivity index (χ1v) is 4.74. The Hall–Kier alpha value is -0.120. The molecule has 0 aromatic heterocycles. The molecular weight excluding hydrogens is 150 g/mol. The summed E-state index contributed by atoms with van der Waals surface area (Å²) in [5.74, 6) is 0. The van der Waals surface area contributed by atoms with Gasteiger partial charge in [-0.05, 0) is 27.7 Å². The predicted octanol–water partition coefficient (Wildman–Crippen LogP) is 0.0893. The average Bonchev–Trinajstić information content (AvgIpc) is 2.07. The number of hydrogen-bond donors (Lipinski definition) is 1. The number of nitrogens with zero attached hydrogens (tertiary/aromatic N) is 2. The summed E-state index contributed by atoms with van der Waals surface area (Å²) < 4.78 is 0. The van der Waals surface area contributed by atoms with Gasteiger partial charge in [-0.2, -0.15) is 0 Å². The number of piperazine rings is 1. The molecule has 74 valence electrons. The second-order valence-corrected chi connectivity index (χ2v) is 3.24. The summed E-state index contributed by atoms with van der Waals surface area (Å²) in [6, 6.07) is 0. The molecule has 0 saturated carbocycles. The Balaban J connectivity index is 0.000000354. The maximum Gasteiger partial charge on any atom is 0.0110 e. The second-order valence-electron chi connectivity index (χ2n) is 3.24. The highest BCUT2D eigenvalue weighted by Gasteiger charge is 2.10. The van der Waals surface area contributed by atoms with E-state index in [1.807, 2.05) is 14.1 Å². The fraction of sp³-hybridized carbons (Fsp3) is 1.00. The Labute approximate surface area is 76.7 Å². The summed E-state index contributed by atoms with van der Waals surface area (Å²) in [4.78, 5) is 4.87. The molecule has 0 aromatic rings. The van der Waals surface area contributed by atoms with Crippen molar-refractivity contribution >= 4 is 0 Å². The molecule has 0 aliphatic carbocycles. The van der Waals surface area contributed by atoms with Crippen molar-refractivity contribution in [3.8, 4) is 0 Å². The van der Waals surface area contributed by atoms with Crippen LogP contribution < -0.4 is 5.32 Å². The number of rotatable bonds is 1. The predicted molar refractivity (Wildman–Crippen MR) is 54.6 cm³/mol. The molecular formula is C9H23N3. The standard InChI is InChI=1S/C7H16N2.C2H7N/c1-3-9-6-4-8(2)5-7-9;1-3-2/h3-7H2,1-2H3;3H,1-2H3. The minimum absolute atomic E-state index is 1.22. The second kappa shape index (κ2) is 7.53. The molecule has 12 heavy (non-hydrogen) atoms. The highest BCUT2D eigenvalue weighted by molar-refractivity contribution is 4.66. The van der Waals surface area contributed by atoms with Crippen molar-refractivity contribution in [3.63, 3.8) is 0 Å². The van der Waals surface area contributed by atoms with Gasteiger partial charge in [0.1, 0.15) is 0 Å². The lowest BCUT2D eigenvalue weighted by molar-refractivity contribution is 0.160. The van der Waals surface area contributed by atoms with E-state index in [4.69, 9.17) is 0 Å². The zero-order valence-corrected chi connectivity index (χ0v) is 8.93. The third-order valence-electron chi connectivity index (χ3n) is 2.04. The van der Waals surface area contributed by atoms with E-state index in [2.05, 4.69) is 29.1 Å². The van der Waals surface area contributed by atoms with Gasteiger partial charge in [0.2, 0.25) is 0 Å². The lowest BCUT2D eigenvalue weighted by atomic mass is 10.3. The summed E-state index contributed by atoms with van der Waals surface area (Å²) >= 11 is 0. The summed E-state index contributed by atoms with van der Waals surface area (Å²) in [6.07, 6.45) is 0. The zero-order valence-electron chi connectivity index (χ0n) is 8.93. The molecule has 1 aliphatic heterocycles. The molecule has 0 radical (unpaired) electrons. The largest absolute Gasteiger partial charge is 0.323 e. The number of nitrogens with one attached hydrogen (secondary N) is 1. The molecule has 0 atom stereocenters. The minimum atomic E-state index is 1.22. The molecule has 1 aliphatic rings. The van der Waals surface area contributed by atoms with Crippen LogP contribution in [-0.2, 0) is 0 Å². The van der Waals surface area contributed by atoms with Crippen molar-refractivity contribution in [3.05, 3.63) is 0 Å². The molecule has 1 fully saturated rings. The van der Waals surface area contributed by atoms with Gasteiger partial charge in [0.15, 0.2) is 0 Å². The lowest BCUT2D eigenvalue weighted by Crippen LogP contribution is -2.44. The molecule has 1 heterocycles. The first-order valence-electron chi connectivity index (χ1n) is 4.74. The fourth-order valence-corrected chi connectivity index (χ4v) is 1.16. The third kappa shape index (κ3) is 5.52. The van der Waals surface area contributed by atoms with Crippen LogP contribution >= 0.6 is 0 Å². The number of likely N-dealkylation sites (N-methyl/N-ethyl adjacent to an activating group) is 2. The van der Waals surface area contributed by atoms with Crippen LogP contribution in [0.2, 0.25) is 0 Å². The average molecular weight is 173 g/mol. The molecule has 0 bridgehead atoms. The van der Waals surface area contributed by atoms with E-state index in [0.29, 0.717) is 0 Å². The quantitative estimate of drug-likeness (QED) is 0.606. The van der Waals surface area contributed by atoms with Crippen molar-refractivity contribution in [2.45, 2.75) is 6.92 Å². The smallest absolute Gasteiger partial charge is 0.0110 e. The highest BCUT2D eigenvalue weighted by atomic mass is 15.2. The van der Waals surface area contributed by atoms with E-state index in [1.54, 1.807) is 0 Å². The van der Waals surface area contributed by atoms with Gasteiger partial charge >= 0.3 is 0 Å². The molecule has 3 heteroatoms. The van der Waals surface area contributed by atoms with Crippen molar-refractivity contribution in [2.75, 3.05) is 53.9 Å². The van der Waals surface area contributed by atoms with Gasteiger partial charge in [0.05, 0.1) is 0 Å². The van der Waals surface area contributed by atoms with Crippen molar-refractivity contribution < 1.29 is 0 Å². The molecule has 0 spiro atoms. The summed E-state index contributed by atoms with van der Waals surface area (Å²) in [6.45, 7) is 8.45. The Morgan fingerprint density at radius 2 is 1.50 bits per heavy atom. The van der Waals surface area contributed by atoms with Gasteiger partial charge < -0.3 is 15.1 Å². The Kier molecular flexibility index (Phi) is 7.45. The van der Waals surface area contributed by atoms with Crippen LogP contribution in [0.15, 0.2) is 0 Å². The molecule has 1 saturated heterocycles. The fourth-order valence-electron chi connectivity index (χ4n) is 1.16. The van der Waals surface area contributed by atoms with Gasteiger partial charge in [-0.25, -0.2) is 0 Å². The van der Waals surface area contributed by atoms with E-state index >= 15 is 0 Å². The van der Waals surface area contributed by atoms with E-state index in [-0.39, 0.29) is 0 Å². The zero-order chi connectivity index (χ0) is 9.40. The van der Waals surface area contributed by atoms with Gasteiger partial charge in [0, 0.05) is 26.2 Å². The van der Waals surface area contributed by atoms with Crippen LogP contribution in [0.5, 0.6) is 0 Å². The molecule has 3 nitrogen and oxygen atoms in total. The van der Waals surface area contributed by atoms with Crippen LogP contribution in [0.3, 0.4) is 0 Å². The Bertz CT molecular complexity index is 87.8. The molecule has 0 amide bonds. The topological polar surface area (TPSA) is 18.5 Å². The van der Waals surface area contributed by atoms with Gasteiger partial charge in [-0.1, -0.05) is 6.92 Å². The maximum atomic E-state index is 2.75. The summed E-state index contributed by atoms with van der Waals surface area (Å²) in [5, 5.41) is 2.75. The number of hydrogen-bond acceptors (Lipinski definition) is 3. The summed E-state index contributed by atoms with van der Waals surface area (Å²) in [5.41, 5.74) is 0. The van der Waals surface area contributed by atoms with Crippen molar-refractivity contribution in [2.24, 2.45) is 0 Å². The molecule has 0 unspecified atom stereocenters. The van der Waals surface area contributed by atoms with Crippen LogP contribution in [0, 0.1) is 0 Å². The van der Waals surface area contributed by atoms with Crippen LogP contribution in [0.25, 0.3) is 0 Å². The van der Waals surface area contributed by atoms with Crippen LogP contribution in [0.4, 0.5) is 0 Å². The maximum absolute atomic E-state index is 2.75.